The van der Waals surface area contributed by atoms with Crippen molar-refractivity contribution in [1.82, 2.24) is 34.1 Å². The van der Waals surface area contributed by atoms with Gasteiger partial charge in [-0.1, -0.05) is 11.6 Å². The van der Waals surface area contributed by atoms with Crippen molar-refractivity contribution in [3.8, 4) is 0 Å². The van der Waals surface area contributed by atoms with E-state index in [1.165, 1.54) is 34.6 Å². The Hall–Kier alpha value is -3.35. The van der Waals surface area contributed by atoms with Crippen molar-refractivity contribution in [2.75, 3.05) is 31.8 Å². The van der Waals surface area contributed by atoms with Gasteiger partial charge in [0.15, 0.2) is 28.1 Å². The number of aromatic nitrogens is 6. The van der Waals surface area contributed by atoms with Crippen LogP contribution in [-0.2, 0) is 11.3 Å². The minimum Gasteiger partial charge on any atom is -0.375 e. The lowest BCUT2D eigenvalue weighted by atomic mass is 10.2. The molecule has 1 atom stereocenters. The SMILES string of the molecule is CO[C@@H](C)c1c(NC(=O)Nc2cc(F)c3nc(CN(C)C)nn3c2)cnc2cc(Cl)nn12. The van der Waals surface area contributed by atoms with E-state index in [4.69, 9.17) is 16.3 Å². The van der Waals surface area contributed by atoms with Crippen molar-refractivity contribution in [2.45, 2.75) is 19.6 Å². The molecule has 4 heterocycles. The van der Waals surface area contributed by atoms with E-state index in [0.717, 1.165) is 0 Å². The van der Waals surface area contributed by atoms with Crippen LogP contribution in [0, 0.1) is 5.82 Å². The van der Waals surface area contributed by atoms with Gasteiger partial charge >= 0.3 is 6.03 Å². The minimum atomic E-state index is -0.610. The van der Waals surface area contributed by atoms with Crippen LogP contribution in [0.4, 0.5) is 20.6 Å². The molecule has 0 aliphatic heterocycles. The number of fused-ring (bicyclic) bond motifs is 2. The number of hydrogen-bond acceptors (Lipinski definition) is 7. The molecule has 4 aromatic heterocycles. The largest absolute Gasteiger partial charge is 0.375 e. The van der Waals surface area contributed by atoms with E-state index in [2.05, 4.69) is 30.8 Å². The van der Waals surface area contributed by atoms with Crippen LogP contribution in [0.15, 0.2) is 24.5 Å². The number of nitrogens with zero attached hydrogens (tertiary/aromatic N) is 7. The Morgan fingerprint density at radius 1 is 1.31 bits per heavy atom. The van der Waals surface area contributed by atoms with Gasteiger partial charge in [-0.05, 0) is 21.0 Å². The number of pyridine rings is 1. The van der Waals surface area contributed by atoms with Crippen LogP contribution in [0.5, 0.6) is 0 Å². The molecule has 11 nitrogen and oxygen atoms in total. The van der Waals surface area contributed by atoms with Gasteiger partial charge in [0, 0.05) is 19.2 Å². The van der Waals surface area contributed by atoms with Crippen molar-refractivity contribution in [2.24, 2.45) is 0 Å². The van der Waals surface area contributed by atoms with Crippen LogP contribution in [0.1, 0.15) is 24.5 Å². The molecule has 13 heteroatoms. The summed E-state index contributed by atoms with van der Waals surface area (Å²) in [6.45, 7) is 2.25. The summed E-state index contributed by atoms with van der Waals surface area (Å²) in [6, 6.07) is 2.16. The zero-order valence-electron chi connectivity index (χ0n) is 17.8. The number of hydrogen-bond donors (Lipinski definition) is 2. The fourth-order valence-electron chi connectivity index (χ4n) is 3.22. The van der Waals surface area contributed by atoms with E-state index in [-0.39, 0.29) is 16.5 Å². The molecule has 4 rings (SSSR count). The predicted molar refractivity (Wildman–Crippen MR) is 116 cm³/mol. The topological polar surface area (TPSA) is 114 Å². The van der Waals surface area contributed by atoms with E-state index in [1.54, 1.807) is 13.0 Å². The number of amides is 2. The number of ether oxygens (including phenoxy) is 1. The monoisotopic (exact) mass is 461 g/mol. The summed E-state index contributed by atoms with van der Waals surface area (Å²) in [4.78, 5) is 23.0. The lowest BCUT2D eigenvalue weighted by molar-refractivity contribution is 0.114. The van der Waals surface area contributed by atoms with E-state index >= 15 is 0 Å². The molecular formula is C19H21ClFN9O2. The zero-order valence-corrected chi connectivity index (χ0v) is 18.6. The number of urea groups is 1. The molecule has 0 unspecified atom stereocenters. The molecule has 0 aliphatic rings. The van der Waals surface area contributed by atoms with Gasteiger partial charge in [-0.25, -0.2) is 28.2 Å². The predicted octanol–water partition coefficient (Wildman–Crippen LogP) is 2.98. The molecule has 0 fully saturated rings. The highest BCUT2D eigenvalue weighted by atomic mass is 35.5. The summed E-state index contributed by atoms with van der Waals surface area (Å²) in [5.74, 6) is -0.144. The lowest BCUT2D eigenvalue weighted by Crippen LogP contribution is -2.22. The molecule has 32 heavy (non-hydrogen) atoms. The summed E-state index contributed by atoms with van der Waals surface area (Å²) in [5, 5.41) is 14.0. The number of rotatable bonds is 6. The first-order chi connectivity index (χ1) is 15.2. The van der Waals surface area contributed by atoms with Crippen LogP contribution in [0.3, 0.4) is 0 Å². The number of halogens is 2. The first-order valence-corrected chi connectivity index (χ1v) is 9.97. The van der Waals surface area contributed by atoms with Gasteiger partial charge in [0.05, 0.1) is 42.1 Å². The summed E-state index contributed by atoms with van der Waals surface area (Å²) in [6.07, 6.45) is 2.54. The van der Waals surface area contributed by atoms with Gasteiger partial charge in [0.2, 0.25) is 0 Å². The van der Waals surface area contributed by atoms with Gasteiger partial charge in [0.1, 0.15) is 0 Å². The van der Waals surface area contributed by atoms with Crippen molar-refractivity contribution in [3.63, 3.8) is 0 Å². The molecule has 4 aromatic rings. The third kappa shape index (κ3) is 4.33. The lowest BCUT2D eigenvalue weighted by Gasteiger charge is -2.17. The molecule has 168 valence electrons. The third-order valence-corrected chi connectivity index (χ3v) is 4.81. The first kappa shape index (κ1) is 21.9. The number of carbonyl (C=O) groups excluding carboxylic acids is 1. The second-order valence-corrected chi connectivity index (χ2v) is 7.75. The molecular weight excluding hydrogens is 441 g/mol. The molecule has 0 aliphatic carbocycles. The minimum absolute atomic E-state index is 0.0780. The van der Waals surface area contributed by atoms with Crippen LogP contribution in [0.2, 0.25) is 5.15 Å². The fraction of sp³-hybridized carbons (Fsp3) is 0.316. The quantitative estimate of drug-likeness (QED) is 0.453. The number of methoxy groups -OCH3 is 1. The molecule has 0 saturated heterocycles. The molecule has 0 aromatic carbocycles. The molecule has 0 radical (unpaired) electrons. The Morgan fingerprint density at radius 2 is 2.09 bits per heavy atom. The van der Waals surface area contributed by atoms with Crippen molar-refractivity contribution in [1.29, 1.82) is 0 Å². The highest BCUT2D eigenvalue weighted by Crippen LogP contribution is 2.26. The Labute approximate surface area is 187 Å². The zero-order chi connectivity index (χ0) is 23.0. The van der Waals surface area contributed by atoms with Gasteiger partial charge in [-0.15, -0.1) is 5.10 Å². The molecule has 0 saturated carbocycles. The normalized spacial score (nSPS) is 12.6. The van der Waals surface area contributed by atoms with Gasteiger partial charge in [-0.2, -0.15) is 5.10 Å². The highest BCUT2D eigenvalue weighted by molar-refractivity contribution is 6.29. The molecule has 0 bridgehead atoms. The maximum absolute atomic E-state index is 14.5. The third-order valence-electron chi connectivity index (χ3n) is 4.63. The Kier molecular flexibility index (Phi) is 5.91. The average Bonchev–Trinajstić information content (AvgIpc) is 3.29. The first-order valence-electron chi connectivity index (χ1n) is 9.59. The van der Waals surface area contributed by atoms with Crippen LogP contribution in [-0.4, -0.2) is 61.3 Å². The Balaban J connectivity index is 1.60. The summed E-state index contributed by atoms with van der Waals surface area (Å²) in [5.41, 5.74) is 1.69. The maximum atomic E-state index is 14.5. The average molecular weight is 462 g/mol. The maximum Gasteiger partial charge on any atom is 0.323 e. The Bertz CT molecular complexity index is 1300. The second-order valence-electron chi connectivity index (χ2n) is 7.36. The van der Waals surface area contributed by atoms with Crippen molar-refractivity contribution >= 4 is 40.3 Å². The van der Waals surface area contributed by atoms with Gasteiger partial charge in [-0.3, -0.25) is 0 Å². The molecule has 2 amide bonds. The molecule has 2 N–H and O–H groups in total. The van der Waals surface area contributed by atoms with Crippen LogP contribution >= 0.6 is 11.6 Å². The van der Waals surface area contributed by atoms with Gasteiger partial charge < -0.3 is 20.3 Å². The summed E-state index contributed by atoms with van der Waals surface area (Å²) in [7, 11) is 5.26. The van der Waals surface area contributed by atoms with E-state index in [0.29, 0.717) is 29.4 Å². The van der Waals surface area contributed by atoms with Crippen LogP contribution < -0.4 is 10.6 Å². The number of carbonyl (C=O) groups is 1. The van der Waals surface area contributed by atoms with E-state index in [9.17, 15) is 9.18 Å². The van der Waals surface area contributed by atoms with E-state index < -0.39 is 18.0 Å². The fourth-order valence-corrected chi connectivity index (χ4v) is 3.39. The summed E-state index contributed by atoms with van der Waals surface area (Å²) >= 11 is 6.00. The number of anilines is 2. The van der Waals surface area contributed by atoms with Crippen LogP contribution in [0.25, 0.3) is 11.3 Å². The second kappa shape index (κ2) is 8.65. The van der Waals surface area contributed by atoms with Gasteiger partial charge in [0.25, 0.3) is 0 Å². The summed E-state index contributed by atoms with van der Waals surface area (Å²) < 4.78 is 22.7. The number of nitrogens with one attached hydrogen (secondary N) is 2. The van der Waals surface area contributed by atoms with Crippen molar-refractivity contribution in [3.05, 3.63) is 47.0 Å². The van der Waals surface area contributed by atoms with E-state index in [1.807, 2.05) is 19.0 Å². The van der Waals surface area contributed by atoms with Crippen molar-refractivity contribution < 1.29 is 13.9 Å². The molecule has 0 spiro atoms. The Morgan fingerprint density at radius 3 is 2.81 bits per heavy atom. The smallest absolute Gasteiger partial charge is 0.323 e. The highest BCUT2D eigenvalue weighted by Gasteiger charge is 2.19. The standard InChI is InChI=1S/C19H21ClFN9O2/c1-10(32-4)17-13(7-22-16-6-14(20)26-30(16)17)24-19(31)23-11-5-12(21)18-25-15(9-28(2)3)27-29(18)8-11/h5-8,10H,9H2,1-4H3,(H2,23,24,31)/t10-/m0/s1.